The van der Waals surface area contributed by atoms with E-state index in [4.69, 9.17) is 16.3 Å². The molecular formula is C23H26ClF3N4O5. The normalized spacial score (nSPS) is 28.5. The molecule has 0 bridgehead atoms. The highest BCUT2D eigenvalue weighted by Gasteiger charge is 2.50. The van der Waals surface area contributed by atoms with Crippen molar-refractivity contribution < 1.29 is 37.1 Å². The maximum Gasteiger partial charge on any atom is 0.417 e. The summed E-state index contributed by atoms with van der Waals surface area (Å²) in [5.74, 6) is -3.11. The molecule has 2 saturated heterocycles. The Morgan fingerprint density at radius 3 is 2.47 bits per heavy atom. The smallest absolute Gasteiger partial charge is 0.417 e. The van der Waals surface area contributed by atoms with Crippen molar-refractivity contribution in [1.82, 2.24) is 20.4 Å². The number of hydrogen-bond donors (Lipinski definition) is 2. The third-order valence-electron chi connectivity index (χ3n) is 7.00. The van der Waals surface area contributed by atoms with Crippen molar-refractivity contribution in [3.63, 3.8) is 0 Å². The Labute approximate surface area is 210 Å². The van der Waals surface area contributed by atoms with Crippen LogP contribution < -0.4 is 10.6 Å². The van der Waals surface area contributed by atoms with Crippen LogP contribution >= 0.6 is 11.6 Å². The quantitative estimate of drug-likeness (QED) is 0.449. The van der Waals surface area contributed by atoms with Crippen LogP contribution in [0.2, 0.25) is 5.02 Å². The van der Waals surface area contributed by atoms with Gasteiger partial charge in [0.15, 0.2) is 5.92 Å². The molecular weight excluding hydrogens is 505 g/mol. The number of carbonyl (C=O) groups excluding carboxylic acids is 4. The molecule has 4 rings (SSSR count). The molecule has 1 aliphatic carbocycles. The van der Waals surface area contributed by atoms with E-state index in [0.717, 1.165) is 17.0 Å². The summed E-state index contributed by atoms with van der Waals surface area (Å²) in [7, 11) is 0. The second kappa shape index (κ2) is 9.79. The zero-order chi connectivity index (χ0) is 26.4. The zero-order valence-corrected chi connectivity index (χ0v) is 20.4. The zero-order valence-electron chi connectivity index (χ0n) is 19.6. The Morgan fingerprint density at radius 1 is 1.17 bits per heavy atom. The summed E-state index contributed by atoms with van der Waals surface area (Å²) in [6, 6.07) is 1.44. The van der Waals surface area contributed by atoms with Crippen LogP contribution in [0.3, 0.4) is 0 Å². The number of nitrogens with zero attached hydrogens (tertiary/aromatic N) is 2. The Bertz CT molecular complexity index is 1080. The first-order chi connectivity index (χ1) is 16.9. The minimum Gasteiger partial charge on any atom is -0.465 e. The second-order valence-corrected chi connectivity index (χ2v) is 9.67. The summed E-state index contributed by atoms with van der Waals surface area (Å²) in [5.41, 5.74) is -1.17. The number of carbonyl (C=O) groups is 4. The molecule has 3 aliphatic rings. The second-order valence-electron chi connectivity index (χ2n) is 9.29. The van der Waals surface area contributed by atoms with Crippen molar-refractivity contribution in [3.05, 3.63) is 34.3 Å². The van der Waals surface area contributed by atoms with Crippen LogP contribution in [0.5, 0.6) is 0 Å². The minimum absolute atomic E-state index is 0.0112. The molecule has 5 amide bonds. The standard InChI is InChI=1S/C23H26ClF3N4O5/c1-3-36-20(33)13-10-30(17-8-16-15(7-11(17)2)28-21(34)29-16)22(35)31(19(13)32)9-12-5-4-6-14(18(12)24)23(25,26)27/h4-6,11,13,15-17H,3,7-10H2,1-2H3,(H2,28,29,34). The van der Waals surface area contributed by atoms with Gasteiger partial charge < -0.3 is 20.3 Å². The van der Waals surface area contributed by atoms with Crippen LogP contribution in [0.25, 0.3) is 0 Å². The average molecular weight is 531 g/mol. The topological polar surface area (TPSA) is 108 Å². The highest BCUT2D eigenvalue weighted by molar-refractivity contribution is 6.32. The van der Waals surface area contributed by atoms with Crippen LogP contribution in [-0.4, -0.2) is 65.0 Å². The van der Waals surface area contributed by atoms with Crippen molar-refractivity contribution in [2.75, 3.05) is 13.2 Å². The van der Waals surface area contributed by atoms with Gasteiger partial charge in [-0.3, -0.25) is 14.5 Å². The lowest BCUT2D eigenvalue weighted by Crippen LogP contribution is -2.64. The SMILES string of the molecule is CCOC(=O)C1CN(C2CC3NC(=O)NC3CC2C)C(=O)N(Cc2cccc(C(F)(F)F)c2Cl)C1=O. The number of halogens is 4. The molecule has 0 radical (unpaired) electrons. The summed E-state index contributed by atoms with van der Waals surface area (Å²) < 4.78 is 45.1. The molecule has 5 atom stereocenters. The predicted molar refractivity (Wildman–Crippen MR) is 121 cm³/mol. The van der Waals surface area contributed by atoms with Crippen molar-refractivity contribution in [1.29, 1.82) is 0 Å². The number of imide groups is 1. The van der Waals surface area contributed by atoms with Gasteiger partial charge in [-0.1, -0.05) is 30.7 Å². The van der Waals surface area contributed by atoms with Gasteiger partial charge in [-0.05, 0) is 37.3 Å². The van der Waals surface area contributed by atoms with E-state index >= 15 is 0 Å². The molecule has 1 saturated carbocycles. The van der Waals surface area contributed by atoms with Crippen LogP contribution in [0.4, 0.5) is 22.8 Å². The summed E-state index contributed by atoms with van der Waals surface area (Å²) in [4.78, 5) is 53.4. The van der Waals surface area contributed by atoms with Gasteiger partial charge in [0.1, 0.15) is 0 Å². The van der Waals surface area contributed by atoms with Crippen molar-refractivity contribution in [2.24, 2.45) is 11.8 Å². The van der Waals surface area contributed by atoms with Gasteiger partial charge in [-0.15, -0.1) is 0 Å². The number of hydrogen-bond acceptors (Lipinski definition) is 5. The minimum atomic E-state index is -4.73. The maximum absolute atomic E-state index is 13.6. The van der Waals surface area contributed by atoms with E-state index < -0.39 is 53.2 Å². The van der Waals surface area contributed by atoms with Crippen LogP contribution in [0.15, 0.2) is 18.2 Å². The molecule has 2 aliphatic heterocycles. The van der Waals surface area contributed by atoms with Gasteiger partial charge in [0.05, 0.1) is 35.8 Å². The molecule has 5 unspecified atom stereocenters. The third-order valence-corrected chi connectivity index (χ3v) is 7.45. The fourth-order valence-corrected chi connectivity index (χ4v) is 5.53. The lowest BCUT2D eigenvalue weighted by Gasteiger charge is -2.47. The monoisotopic (exact) mass is 530 g/mol. The maximum atomic E-state index is 13.6. The molecule has 0 spiro atoms. The average Bonchev–Trinajstić information content (AvgIpc) is 3.15. The van der Waals surface area contributed by atoms with Crippen LogP contribution in [0, 0.1) is 11.8 Å². The van der Waals surface area contributed by atoms with E-state index in [9.17, 15) is 32.3 Å². The number of rotatable bonds is 5. The van der Waals surface area contributed by atoms with Gasteiger partial charge in [0.25, 0.3) is 0 Å². The van der Waals surface area contributed by atoms with Gasteiger partial charge in [0, 0.05) is 12.6 Å². The number of alkyl halides is 3. The number of benzene rings is 1. The first-order valence-corrected chi connectivity index (χ1v) is 12.0. The van der Waals surface area contributed by atoms with Gasteiger partial charge in [-0.25, -0.2) is 9.59 Å². The van der Waals surface area contributed by atoms with Crippen LogP contribution in [-0.2, 0) is 27.0 Å². The van der Waals surface area contributed by atoms with Crippen molar-refractivity contribution in [2.45, 2.75) is 57.5 Å². The number of esters is 1. The Hall–Kier alpha value is -3.02. The van der Waals surface area contributed by atoms with Gasteiger partial charge in [0.2, 0.25) is 5.91 Å². The molecule has 196 valence electrons. The molecule has 1 aromatic carbocycles. The van der Waals surface area contributed by atoms with Crippen molar-refractivity contribution >= 4 is 35.5 Å². The van der Waals surface area contributed by atoms with E-state index in [-0.39, 0.29) is 42.7 Å². The fraction of sp³-hybridized carbons (Fsp3) is 0.565. The molecule has 13 heteroatoms. The number of nitrogens with one attached hydrogen (secondary N) is 2. The Kier molecular flexibility index (Phi) is 7.09. The van der Waals surface area contributed by atoms with E-state index in [0.29, 0.717) is 12.8 Å². The highest BCUT2D eigenvalue weighted by Crippen LogP contribution is 2.38. The van der Waals surface area contributed by atoms with E-state index in [1.165, 1.54) is 11.0 Å². The molecule has 3 fully saturated rings. The summed E-state index contributed by atoms with van der Waals surface area (Å²) in [6.07, 6.45) is -3.77. The molecule has 36 heavy (non-hydrogen) atoms. The highest BCUT2D eigenvalue weighted by atomic mass is 35.5. The molecule has 0 aromatic heterocycles. The number of ether oxygens (including phenoxy) is 1. The van der Waals surface area contributed by atoms with Gasteiger partial charge >= 0.3 is 24.2 Å². The van der Waals surface area contributed by atoms with E-state index in [2.05, 4.69) is 10.6 Å². The largest absolute Gasteiger partial charge is 0.465 e. The van der Waals surface area contributed by atoms with Crippen LogP contribution in [0.1, 0.15) is 37.8 Å². The fourth-order valence-electron chi connectivity index (χ4n) is 5.23. The number of urea groups is 2. The van der Waals surface area contributed by atoms with E-state index in [1.54, 1.807) is 6.92 Å². The molecule has 1 aromatic rings. The first kappa shape index (κ1) is 26.1. The number of fused-ring (bicyclic) bond motifs is 1. The summed E-state index contributed by atoms with van der Waals surface area (Å²) in [5, 5.41) is 5.03. The van der Waals surface area contributed by atoms with E-state index in [1.807, 2.05) is 6.92 Å². The van der Waals surface area contributed by atoms with Crippen molar-refractivity contribution in [3.8, 4) is 0 Å². The lowest BCUT2D eigenvalue weighted by atomic mass is 9.79. The first-order valence-electron chi connectivity index (χ1n) is 11.6. The number of amides is 5. The summed E-state index contributed by atoms with van der Waals surface area (Å²) in [6.45, 7) is 2.72. The molecule has 2 N–H and O–H groups in total. The molecule has 2 heterocycles. The Balaban J connectivity index is 1.66. The van der Waals surface area contributed by atoms with Gasteiger partial charge in [-0.2, -0.15) is 13.2 Å². The molecule has 9 nitrogen and oxygen atoms in total. The summed E-state index contributed by atoms with van der Waals surface area (Å²) >= 11 is 6.02. The Morgan fingerprint density at radius 2 is 1.83 bits per heavy atom. The predicted octanol–water partition coefficient (Wildman–Crippen LogP) is 3.15. The lowest BCUT2D eigenvalue weighted by molar-refractivity contribution is -0.158. The third kappa shape index (κ3) is 4.82.